The summed E-state index contributed by atoms with van der Waals surface area (Å²) in [4.78, 5) is 10.3. The van der Waals surface area contributed by atoms with E-state index in [9.17, 15) is 30.6 Å². The molecule has 3 heterocycles. The van der Waals surface area contributed by atoms with Crippen molar-refractivity contribution in [1.29, 1.82) is 0 Å². The first kappa shape index (κ1) is 19.2. The summed E-state index contributed by atoms with van der Waals surface area (Å²) >= 11 is 6.15. The fourth-order valence-corrected chi connectivity index (χ4v) is 4.98. The van der Waals surface area contributed by atoms with Crippen molar-refractivity contribution in [2.75, 3.05) is 6.61 Å². The average Bonchev–Trinajstić information content (AvgIpc) is 2.77. The summed E-state index contributed by atoms with van der Waals surface area (Å²) in [5.74, 6) is -3.17. The smallest absolute Gasteiger partial charge is 0.223 e. The molecule has 2 aliphatic carbocycles. The number of fused-ring (bicyclic) bond motifs is 2. The summed E-state index contributed by atoms with van der Waals surface area (Å²) in [6.07, 6.45) is -8.65. The largest absolute Gasteiger partial charge is 0.394 e. The van der Waals surface area contributed by atoms with Crippen molar-refractivity contribution in [1.82, 2.24) is 0 Å². The lowest BCUT2D eigenvalue weighted by atomic mass is 9.76. The van der Waals surface area contributed by atoms with Crippen molar-refractivity contribution in [3.63, 3.8) is 0 Å². The van der Waals surface area contributed by atoms with Gasteiger partial charge in [-0.15, -0.1) is 11.6 Å². The van der Waals surface area contributed by atoms with Crippen LogP contribution >= 0.6 is 11.6 Å². The van der Waals surface area contributed by atoms with Gasteiger partial charge < -0.3 is 40.1 Å². The lowest BCUT2D eigenvalue weighted by Gasteiger charge is -2.44. The molecule has 6 N–H and O–H groups in total. The molecule has 2 saturated carbocycles. The van der Waals surface area contributed by atoms with E-state index in [1.165, 1.54) is 0 Å². The summed E-state index contributed by atoms with van der Waals surface area (Å²) in [5.41, 5.74) is 0. The van der Waals surface area contributed by atoms with Gasteiger partial charge in [0.05, 0.1) is 24.9 Å². The third kappa shape index (κ3) is 2.72. The van der Waals surface area contributed by atoms with Gasteiger partial charge in [-0.3, -0.25) is 0 Å². The molecule has 5 rings (SSSR count). The second-order valence-electron chi connectivity index (χ2n) is 7.48. The fourth-order valence-electron chi connectivity index (χ4n) is 4.62. The normalized spacial score (nSPS) is 59.4. The van der Waals surface area contributed by atoms with Crippen molar-refractivity contribution < 1.29 is 49.9 Å². The summed E-state index contributed by atoms with van der Waals surface area (Å²) < 4.78 is 11.2. The van der Waals surface area contributed by atoms with E-state index in [4.69, 9.17) is 30.8 Å². The van der Waals surface area contributed by atoms with Crippen LogP contribution in [0.1, 0.15) is 12.8 Å². The number of aliphatic hydroxyl groups is 6. The highest BCUT2D eigenvalue weighted by Crippen LogP contribution is 2.55. The van der Waals surface area contributed by atoms with E-state index in [0.717, 1.165) is 0 Å². The third-order valence-electron chi connectivity index (χ3n) is 5.98. The van der Waals surface area contributed by atoms with Gasteiger partial charge >= 0.3 is 0 Å². The Bertz CT molecular complexity index is 537. The first-order valence-corrected chi connectivity index (χ1v) is 9.06. The Hall–Kier alpha value is -0.110. The molecule has 10 nitrogen and oxygen atoms in total. The maximum Gasteiger partial charge on any atom is 0.223 e. The third-order valence-corrected chi connectivity index (χ3v) is 6.55. The molecule has 3 saturated heterocycles. The van der Waals surface area contributed by atoms with Crippen LogP contribution < -0.4 is 0 Å². The predicted octanol–water partition coefficient (Wildman–Crippen LogP) is -2.80. The van der Waals surface area contributed by atoms with E-state index in [0.29, 0.717) is 6.42 Å². The molecule has 4 bridgehead atoms. The molecule has 0 spiro atoms. The Morgan fingerprint density at radius 1 is 1.04 bits per heavy atom. The zero-order valence-corrected chi connectivity index (χ0v) is 14.4. The maximum atomic E-state index is 10.8. The van der Waals surface area contributed by atoms with E-state index in [-0.39, 0.29) is 6.42 Å². The lowest BCUT2D eigenvalue weighted by molar-refractivity contribution is -0.431. The first-order valence-electron chi connectivity index (χ1n) is 8.63. The molecule has 0 unspecified atom stereocenters. The number of hydrogen-bond donors (Lipinski definition) is 6. The van der Waals surface area contributed by atoms with Crippen molar-refractivity contribution in [2.45, 2.75) is 73.0 Å². The van der Waals surface area contributed by atoms with Crippen LogP contribution in [0.15, 0.2) is 0 Å². The molecule has 0 radical (unpaired) electrons. The van der Waals surface area contributed by atoms with Gasteiger partial charge in [-0.25, -0.2) is 4.89 Å². The van der Waals surface area contributed by atoms with Crippen LogP contribution in [0.3, 0.4) is 0 Å². The Labute approximate surface area is 153 Å². The molecule has 11 heteroatoms. The number of rotatable bonds is 3. The molecule has 0 amide bonds. The minimum absolute atomic E-state index is 0.287. The van der Waals surface area contributed by atoms with Crippen LogP contribution in [0.2, 0.25) is 0 Å². The summed E-state index contributed by atoms with van der Waals surface area (Å²) in [5, 5.41) is 59.3. The van der Waals surface area contributed by atoms with Crippen molar-refractivity contribution in [3.05, 3.63) is 0 Å². The first-order chi connectivity index (χ1) is 12.3. The topological polar surface area (TPSA) is 158 Å². The van der Waals surface area contributed by atoms with Crippen LogP contribution in [-0.4, -0.2) is 97.4 Å². The fraction of sp³-hybridized carbons (Fsp3) is 1.00. The summed E-state index contributed by atoms with van der Waals surface area (Å²) in [6.45, 7) is -0.581. The van der Waals surface area contributed by atoms with Crippen LogP contribution in [0.5, 0.6) is 0 Å². The molecule has 5 aliphatic rings. The van der Waals surface area contributed by atoms with Gasteiger partial charge in [-0.1, -0.05) is 0 Å². The number of hydrogen-bond acceptors (Lipinski definition) is 10. The van der Waals surface area contributed by atoms with E-state index < -0.39 is 78.6 Å². The minimum Gasteiger partial charge on any atom is -0.394 e. The minimum atomic E-state index is -1.98. The van der Waals surface area contributed by atoms with Gasteiger partial charge in [-0.2, -0.15) is 4.89 Å². The van der Waals surface area contributed by atoms with E-state index in [1.54, 1.807) is 0 Å². The second kappa shape index (κ2) is 6.75. The van der Waals surface area contributed by atoms with Crippen molar-refractivity contribution in [2.24, 2.45) is 11.8 Å². The summed E-state index contributed by atoms with van der Waals surface area (Å²) in [6, 6.07) is 0. The van der Waals surface area contributed by atoms with E-state index in [1.807, 2.05) is 0 Å². The molecule has 3 aliphatic heterocycles. The van der Waals surface area contributed by atoms with E-state index >= 15 is 0 Å². The van der Waals surface area contributed by atoms with Gasteiger partial charge in [0.15, 0.2) is 6.29 Å². The Balaban J connectivity index is 1.57. The Morgan fingerprint density at radius 3 is 2.46 bits per heavy atom. The molecule has 0 aromatic heterocycles. The molecular formula is C15H23ClO10. The number of halogens is 1. The highest BCUT2D eigenvalue weighted by atomic mass is 35.5. The van der Waals surface area contributed by atoms with Crippen LogP contribution in [0.25, 0.3) is 0 Å². The zero-order valence-electron chi connectivity index (χ0n) is 13.7. The number of alkyl halides is 1. The molecule has 12 atom stereocenters. The standard InChI is InChI=1S/C15H23ClO10/c16-13-9(18)5-1-4-2-6(8(5)15(13,22)26-25-4)23-14-12(21)11(20)10(19)7(3-17)24-14/h4-14,17-22H,1-3H2/t4-,5-,6+,7+,8-,9-,10+,11-,12+,13+,14+,15+/m0/s1. The number of ether oxygens (including phenoxy) is 2. The van der Waals surface area contributed by atoms with Crippen molar-refractivity contribution in [3.8, 4) is 0 Å². The van der Waals surface area contributed by atoms with Crippen molar-refractivity contribution >= 4 is 11.6 Å². The molecule has 0 aromatic rings. The maximum absolute atomic E-state index is 10.8. The Morgan fingerprint density at radius 2 is 1.77 bits per heavy atom. The van der Waals surface area contributed by atoms with Gasteiger partial charge in [0.1, 0.15) is 29.8 Å². The second-order valence-corrected chi connectivity index (χ2v) is 7.95. The molecule has 0 aromatic carbocycles. The predicted molar refractivity (Wildman–Crippen MR) is 81.4 cm³/mol. The van der Waals surface area contributed by atoms with Gasteiger partial charge in [0.25, 0.3) is 0 Å². The average molecular weight is 399 g/mol. The molecular weight excluding hydrogens is 376 g/mol. The highest BCUT2D eigenvalue weighted by Gasteiger charge is 2.68. The summed E-state index contributed by atoms with van der Waals surface area (Å²) in [7, 11) is 0. The molecule has 5 fully saturated rings. The van der Waals surface area contributed by atoms with Crippen LogP contribution in [0.4, 0.5) is 0 Å². The van der Waals surface area contributed by atoms with Crippen LogP contribution in [-0.2, 0) is 19.2 Å². The monoisotopic (exact) mass is 398 g/mol. The van der Waals surface area contributed by atoms with Crippen LogP contribution in [0, 0.1) is 11.8 Å². The Kier molecular flexibility index (Phi) is 4.99. The quantitative estimate of drug-likeness (QED) is 0.216. The zero-order chi connectivity index (χ0) is 18.8. The lowest BCUT2D eigenvalue weighted by Crippen LogP contribution is -2.61. The molecule has 26 heavy (non-hydrogen) atoms. The van der Waals surface area contributed by atoms with Gasteiger partial charge in [0.2, 0.25) is 5.79 Å². The molecule has 150 valence electrons. The van der Waals surface area contributed by atoms with E-state index in [2.05, 4.69) is 0 Å². The number of aliphatic hydroxyl groups excluding tert-OH is 5. The van der Waals surface area contributed by atoms with Gasteiger partial charge in [-0.05, 0) is 12.3 Å². The SMILES string of the molecule is OC[C@H]1O[C@@H](O[C@@H]2C[C@@H]3C[C@@H]4[C@H](O)[C@@H](Cl)[C@](O)(OO3)[C@@H]42)[C@H](O)[C@@H](O)[C@@H]1O. The van der Waals surface area contributed by atoms with Gasteiger partial charge in [0, 0.05) is 12.3 Å². The highest BCUT2D eigenvalue weighted by molar-refractivity contribution is 6.22.